The van der Waals surface area contributed by atoms with Crippen molar-refractivity contribution in [2.75, 3.05) is 18.5 Å². The van der Waals surface area contributed by atoms with Crippen molar-refractivity contribution in [3.05, 3.63) is 76.8 Å². The Morgan fingerprint density at radius 1 is 1.21 bits per heavy atom. The zero-order chi connectivity index (χ0) is 20.5. The van der Waals surface area contributed by atoms with Gasteiger partial charge in [0.05, 0.1) is 6.33 Å². The van der Waals surface area contributed by atoms with Crippen molar-refractivity contribution in [1.82, 2.24) is 14.9 Å². The molecule has 0 saturated heterocycles. The summed E-state index contributed by atoms with van der Waals surface area (Å²) in [5.41, 5.74) is 2.92. The molecule has 29 heavy (non-hydrogen) atoms. The molecule has 2 N–H and O–H groups in total. The van der Waals surface area contributed by atoms with E-state index in [0.29, 0.717) is 12.3 Å². The zero-order valence-electron chi connectivity index (χ0n) is 16.4. The van der Waals surface area contributed by atoms with E-state index in [0.717, 1.165) is 40.8 Å². The van der Waals surface area contributed by atoms with Crippen molar-refractivity contribution >= 4 is 27.5 Å². The van der Waals surface area contributed by atoms with Crippen LogP contribution >= 0.6 is 15.9 Å². The number of aryl methyl sites for hydroxylation is 2. The summed E-state index contributed by atoms with van der Waals surface area (Å²) in [5.74, 6) is 0.519. The van der Waals surface area contributed by atoms with E-state index in [-0.39, 0.29) is 12.5 Å². The van der Waals surface area contributed by atoms with Crippen molar-refractivity contribution in [3.8, 4) is 5.75 Å². The Bertz CT molecular complexity index is 911. The van der Waals surface area contributed by atoms with E-state index in [2.05, 4.69) is 36.1 Å². The molecule has 0 atom stereocenters. The summed E-state index contributed by atoms with van der Waals surface area (Å²) in [6.07, 6.45) is 6.57. The second-order valence-electron chi connectivity index (χ2n) is 6.79. The Kier molecular flexibility index (Phi) is 7.84. The topological polar surface area (TPSA) is 68.2 Å². The number of amides is 1. The van der Waals surface area contributed by atoms with E-state index in [1.807, 2.05) is 61.9 Å². The highest BCUT2D eigenvalue weighted by atomic mass is 79.9. The van der Waals surface area contributed by atoms with E-state index >= 15 is 0 Å². The molecule has 6 nitrogen and oxygen atoms in total. The second kappa shape index (κ2) is 10.8. The van der Waals surface area contributed by atoms with E-state index in [1.165, 1.54) is 0 Å². The van der Waals surface area contributed by atoms with Crippen LogP contribution in [0.1, 0.15) is 17.5 Å². The van der Waals surface area contributed by atoms with Gasteiger partial charge >= 0.3 is 0 Å². The van der Waals surface area contributed by atoms with Crippen molar-refractivity contribution in [2.24, 2.45) is 0 Å². The molecule has 7 heteroatoms. The first-order valence-corrected chi connectivity index (χ1v) is 10.3. The van der Waals surface area contributed by atoms with Gasteiger partial charge in [0.1, 0.15) is 5.75 Å². The minimum Gasteiger partial charge on any atom is -0.483 e. The smallest absolute Gasteiger partial charge is 0.262 e. The Morgan fingerprint density at radius 2 is 2.03 bits per heavy atom. The molecule has 0 spiro atoms. The molecule has 0 aliphatic carbocycles. The fourth-order valence-electron chi connectivity index (χ4n) is 2.83. The molecule has 2 aromatic carbocycles. The van der Waals surface area contributed by atoms with Crippen LogP contribution in [-0.4, -0.2) is 28.6 Å². The van der Waals surface area contributed by atoms with Gasteiger partial charge in [-0.2, -0.15) is 0 Å². The monoisotopic (exact) mass is 456 g/mol. The van der Waals surface area contributed by atoms with Crippen LogP contribution in [-0.2, 0) is 17.9 Å². The lowest BCUT2D eigenvalue weighted by Crippen LogP contribution is -2.21. The van der Waals surface area contributed by atoms with Gasteiger partial charge in [-0.3, -0.25) is 4.79 Å². The number of rotatable bonds is 10. The van der Waals surface area contributed by atoms with Gasteiger partial charge in [-0.05, 0) is 50.2 Å². The van der Waals surface area contributed by atoms with Gasteiger partial charge in [0.15, 0.2) is 6.61 Å². The maximum absolute atomic E-state index is 12.2. The Balaban J connectivity index is 1.47. The molecule has 0 aliphatic heterocycles. The number of hydrogen-bond donors (Lipinski definition) is 2. The molecule has 0 radical (unpaired) electrons. The van der Waals surface area contributed by atoms with Crippen LogP contribution in [0.5, 0.6) is 5.75 Å². The summed E-state index contributed by atoms with van der Waals surface area (Å²) in [6, 6.07) is 13.5. The molecule has 0 saturated carbocycles. The molecular formula is C22H25BrN4O2. The minimum atomic E-state index is -0.184. The molecule has 3 aromatic rings. The Labute approximate surface area is 179 Å². The summed E-state index contributed by atoms with van der Waals surface area (Å²) in [7, 11) is 0. The number of aromatic nitrogens is 2. The molecule has 1 heterocycles. The molecule has 0 bridgehead atoms. The van der Waals surface area contributed by atoms with Gasteiger partial charge in [0.25, 0.3) is 5.91 Å². The number of benzene rings is 2. The molecule has 0 fully saturated rings. The highest BCUT2D eigenvalue weighted by molar-refractivity contribution is 9.10. The zero-order valence-corrected chi connectivity index (χ0v) is 18.0. The fraction of sp³-hybridized carbons (Fsp3) is 0.273. The van der Waals surface area contributed by atoms with E-state index in [4.69, 9.17) is 4.74 Å². The summed E-state index contributed by atoms with van der Waals surface area (Å²) in [5, 5.41) is 6.28. The van der Waals surface area contributed by atoms with Gasteiger partial charge in [-0.1, -0.05) is 33.6 Å². The summed E-state index contributed by atoms with van der Waals surface area (Å²) in [6.45, 7) is 4.43. The van der Waals surface area contributed by atoms with Gasteiger partial charge in [-0.25, -0.2) is 4.98 Å². The number of hydrogen-bond acceptors (Lipinski definition) is 4. The van der Waals surface area contributed by atoms with Crippen LogP contribution in [0.15, 0.2) is 65.7 Å². The highest BCUT2D eigenvalue weighted by Gasteiger charge is 2.08. The Morgan fingerprint density at radius 3 is 2.79 bits per heavy atom. The van der Waals surface area contributed by atoms with Gasteiger partial charge in [0.2, 0.25) is 0 Å². The summed E-state index contributed by atoms with van der Waals surface area (Å²) < 4.78 is 8.81. The second-order valence-corrected chi connectivity index (χ2v) is 7.70. The number of nitrogens with zero attached hydrogens (tertiary/aromatic N) is 2. The average Bonchev–Trinajstić information content (AvgIpc) is 3.22. The summed E-state index contributed by atoms with van der Waals surface area (Å²) >= 11 is 3.50. The number of carbonyl (C=O) groups is 1. The lowest BCUT2D eigenvalue weighted by Gasteiger charge is -2.13. The first kappa shape index (κ1) is 21.1. The maximum Gasteiger partial charge on any atom is 0.262 e. The Hall–Kier alpha value is -2.64. The normalized spacial score (nSPS) is 10.7. The lowest BCUT2D eigenvalue weighted by molar-refractivity contribution is -0.118. The van der Waals surface area contributed by atoms with Crippen molar-refractivity contribution in [3.63, 3.8) is 0 Å². The number of anilines is 1. The first-order valence-electron chi connectivity index (χ1n) is 9.54. The SMILES string of the molecule is Cc1ccc(NC(=O)COc2ccc(Br)cc2CNCCCn2ccnc2)cc1. The van der Waals surface area contributed by atoms with Crippen LogP contribution in [0.25, 0.3) is 0 Å². The predicted molar refractivity (Wildman–Crippen MR) is 118 cm³/mol. The average molecular weight is 457 g/mol. The van der Waals surface area contributed by atoms with E-state index in [9.17, 15) is 4.79 Å². The third-order valence-corrected chi connectivity index (χ3v) is 4.85. The van der Waals surface area contributed by atoms with Gasteiger partial charge < -0.3 is 19.9 Å². The number of nitrogens with one attached hydrogen (secondary N) is 2. The van der Waals surface area contributed by atoms with Gasteiger partial charge in [-0.15, -0.1) is 0 Å². The standard InChI is InChI=1S/C22H25BrN4O2/c1-17-3-6-20(7-4-17)26-22(28)15-29-21-8-5-19(23)13-18(21)14-24-9-2-11-27-12-10-25-16-27/h3-8,10,12-13,16,24H,2,9,11,14-15H2,1H3,(H,26,28). The summed E-state index contributed by atoms with van der Waals surface area (Å²) in [4.78, 5) is 16.2. The fourth-order valence-corrected chi connectivity index (χ4v) is 3.24. The first-order chi connectivity index (χ1) is 14.1. The maximum atomic E-state index is 12.2. The van der Waals surface area contributed by atoms with E-state index < -0.39 is 0 Å². The molecule has 152 valence electrons. The minimum absolute atomic E-state index is 0.0386. The lowest BCUT2D eigenvalue weighted by atomic mass is 10.2. The predicted octanol–water partition coefficient (Wildman–Crippen LogP) is 4.15. The van der Waals surface area contributed by atoms with Crippen LogP contribution < -0.4 is 15.4 Å². The molecule has 0 aliphatic rings. The van der Waals surface area contributed by atoms with E-state index in [1.54, 1.807) is 6.20 Å². The third-order valence-electron chi connectivity index (χ3n) is 4.36. The van der Waals surface area contributed by atoms with Gasteiger partial charge in [0, 0.05) is 41.2 Å². The van der Waals surface area contributed by atoms with Crippen LogP contribution in [0.2, 0.25) is 0 Å². The molecule has 3 rings (SSSR count). The van der Waals surface area contributed by atoms with Crippen molar-refractivity contribution in [2.45, 2.75) is 26.4 Å². The number of carbonyl (C=O) groups excluding carboxylic acids is 1. The number of halogens is 1. The van der Waals surface area contributed by atoms with Crippen LogP contribution in [0.3, 0.4) is 0 Å². The number of ether oxygens (including phenoxy) is 1. The molecule has 1 aromatic heterocycles. The molecular weight excluding hydrogens is 432 g/mol. The van der Waals surface area contributed by atoms with Crippen molar-refractivity contribution in [1.29, 1.82) is 0 Å². The molecule has 1 amide bonds. The molecule has 0 unspecified atom stereocenters. The van der Waals surface area contributed by atoms with Crippen LogP contribution in [0, 0.1) is 6.92 Å². The quantitative estimate of drug-likeness (QED) is 0.449. The highest BCUT2D eigenvalue weighted by Crippen LogP contribution is 2.23. The largest absolute Gasteiger partial charge is 0.483 e. The van der Waals surface area contributed by atoms with Crippen LogP contribution in [0.4, 0.5) is 5.69 Å². The number of imidazole rings is 1. The van der Waals surface area contributed by atoms with Crippen molar-refractivity contribution < 1.29 is 9.53 Å². The third kappa shape index (κ3) is 7.03.